The van der Waals surface area contributed by atoms with Crippen LogP contribution in [0.5, 0.6) is 0 Å². The van der Waals surface area contributed by atoms with E-state index in [1.807, 2.05) is 11.8 Å². The van der Waals surface area contributed by atoms with Crippen molar-refractivity contribution in [3.63, 3.8) is 0 Å². The zero-order valence-electron chi connectivity index (χ0n) is 9.92. The van der Waals surface area contributed by atoms with Gasteiger partial charge in [0.2, 0.25) is 0 Å². The lowest BCUT2D eigenvalue weighted by molar-refractivity contribution is 0.905. The maximum absolute atomic E-state index is 3.47. The number of rotatable bonds is 6. The SMILES string of the molecule is CCC(C)SCCNc1ccccc1C. The van der Waals surface area contributed by atoms with Crippen LogP contribution in [0.1, 0.15) is 25.8 Å². The van der Waals surface area contributed by atoms with Crippen LogP contribution in [0.3, 0.4) is 0 Å². The monoisotopic (exact) mass is 223 g/mol. The molecule has 0 spiro atoms. The summed E-state index contributed by atoms with van der Waals surface area (Å²) in [5.41, 5.74) is 2.59. The number of hydrogen-bond acceptors (Lipinski definition) is 2. The molecule has 1 rings (SSSR count). The van der Waals surface area contributed by atoms with Gasteiger partial charge >= 0.3 is 0 Å². The summed E-state index contributed by atoms with van der Waals surface area (Å²) in [5, 5.41) is 4.25. The second-order valence-corrected chi connectivity index (χ2v) is 5.38. The zero-order valence-corrected chi connectivity index (χ0v) is 10.7. The van der Waals surface area contributed by atoms with Gasteiger partial charge in [0.25, 0.3) is 0 Å². The van der Waals surface area contributed by atoms with Crippen molar-refractivity contribution in [1.82, 2.24) is 0 Å². The highest BCUT2D eigenvalue weighted by Crippen LogP contribution is 2.15. The minimum Gasteiger partial charge on any atom is -0.384 e. The predicted molar refractivity (Wildman–Crippen MR) is 71.9 cm³/mol. The van der Waals surface area contributed by atoms with Crippen LogP contribution in [0.15, 0.2) is 24.3 Å². The van der Waals surface area contributed by atoms with Crippen molar-refractivity contribution in [3.8, 4) is 0 Å². The lowest BCUT2D eigenvalue weighted by atomic mass is 10.2. The molecular weight excluding hydrogens is 202 g/mol. The summed E-state index contributed by atoms with van der Waals surface area (Å²) in [6.07, 6.45) is 1.26. The first-order chi connectivity index (χ1) is 7.24. The van der Waals surface area contributed by atoms with E-state index >= 15 is 0 Å². The highest BCUT2D eigenvalue weighted by molar-refractivity contribution is 7.99. The molecule has 1 aromatic rings. The largest absolute Gasteiger partial charge is 0.384 e. The van der Waals surface area contributed by atoms with Gasteiger partial charge in [-0.1, -0.05) is 32.0 Å². The predicted octanol–water partition coefficient (Wildman–Crippen LogP) is 3.94. The maximum atomic E-state index is 3.47. The van der Waals surface area contributed by atoms with Gasteiger partial charge in [0, 0.05) is 23.2 Å². The number of aryl methyl sites for hydroxylation is 1. The molecule has 0 radical (unpaired) electrons. The molecule has 1 atom stereocenters. The van der Waals surface area contributed by atoms with Crippen molar-refractivity contribution in [2.24, 2.45) is 0 Å². The van der Waals surface area contributed by atoms with Crippen LogP contribution in [0.25, 0.3) is 0 Å². The Kier molecular flexibility index (Phi) is 5.62. The number of para-hydroxylation sites is 1. The molecule has 1 N–H and O–H groups in total. The van der Waals surface area contributed by atoms with Crippen LogP contribution < -0.4 is 5.32 Å². The van der Waals surface area contributed by atoms with Gasteiger partial charge in [-0.05, 0) is 25.0 Å². The molecule has 0 saturated heterocycles. The average molecular weight is 223 g/mol. The highest BCUT2D eigenvalue weighted by atomic mass is 32.2. The Bertz CT molecular complexity index is 286. The first-order valence-corrected chi connectivity index (χ1v) is 6.70. The van der Waals surface area contributed by atoms with Crippen LogP contribution in [-0.4, -0.2) is 17.5 Å². The summed E-state index contributed by atoms with van der Waals surface area (Å²) in [7, 11) is 0. The lowest BCUT2D eigenvalue weighted by Crippen LogP contribution is -2.07. The second kappa shape index (κ2) is 6.78. The third-order valence-corrected chi connectivity index (χ3v) is 3.88. The van der Waals surface area contributed by atoms with Crippen molar-refractivity contribution in [3.05, 3.63) is 29.8 Å². The van der Waals surface area contributed by atoms with Crippen LogP contribution in [-0.2, 0) is 0 Å². The van der Waals surface area contributed by atoms with Crippen LogP contribution >= 0.6 is 11.8 Å². The van der Waals surface area contributed by atoms with Gasteiger partial charge < -0.3 is 5.32 Å². The van der Waals surface area contributed by atoms with E-state index in [0.717, 1.165) is 11.8 Å². The number of hydrogen-bond donors (Lipinski definition) is 1. The molecule has 0 aromatic heterocycles. The molecule has 0 aliphatic heterocycles. The second-order valence-electron chi connectivity index (χ2n) is 3.83. The van der Waals surface area contributed by atoms with E-state index in [2.05, 4.69) is 50.4 Å². The summed E-state index contributed by atoms with van der Waals surface area (Å²) in [5.74, 6) is 1.18. The van der Waals surface area contributed by atoms with Crippen molar-refractivity contribution < 1.29 is 0 Å². The molecule has 1 nitrogen and oxygen atoms in total. The highest BCUT2D eigenvalue weighted by Gasteiger charge is 1.99. The molecule has 0 saturated carbocycles. The molecule has 15 heavy (non-hydrogen) atoms. The molecule has 0 aliphatic carbocycles. The summed E-state index contributed by atoms with van der Waals surface area (Å²) < 4.78 is 0. The fourth-order valence-corrected chi connectivity index (χ4v) is 2.19. The van der Waals surface area contributed by atoms with E-state index in [9.17, 15) is 0 Å². The van der Waals surface area contributed by atoms with Gasteiger partial charge in [0.15, 0.2) is 0 Å². The third kappa shape index (κ3) is 4.61. The van der Waals surface area contributed by atoms with E-state index in [-0.39, 0.29) is 0 Å². The van der Waals surface area contributed by atoms with Gasteiger partial charge in [-0.15, -0.1) is 0 Å². The summed E-state index contributed by atoms with van der Waals surface area (Å²) in [4.78, 5) is 0. The van der Waals surface area contributed by atoms with Gasteiger partial charge in [-0.2, -0.15) is 11.8 Å². The van der Waals surface area contributed by atoms with Gasteiger partial charge in [0.05, 0.1) is 0 Å². The Labute approximate surface area is 97.7 Å². The Morgan fingerprint density at radius 1 is 1.33 bits per heavy atom. The summed E-state index contributed by atoms with van der Waals surface area (Å²) in [6, 6.07) is 8.44. The molecule has 0 heterocycles. The number of thioether (sulfide) groups is 1. The maximum Gasteiger partial charge on any atom is 0.0370 e. The lowest BCUT2D eigenvalue weighted by Gasteiger charge is -2.11. The van der Waals surface area contributed by atoms with Gasteiger partial charge in [-0.3, -0.25) is 0 Å². The first-order valence-electron chi connectivity index (χ1n) is 5.65. The number of benzene rings is 1. The van der Waals surface area contributed by atoms with Crippen LogP contribution in [0.2, 0.25) is 0 Å². The van der Waals surface area contributed by atoms with Gasteiger partial charge in [0.1, 0.15) is 0 Å². The Hall–Kier alpha value is -0.630. The number of anilines is 1. The van der Waals surface area contributed by atoms with E-state index in [1.165, 1.54) is 23.4 Å². The standard InChI is InChI=1S/C13H21NS/c1-4-12(3)15-10-9-14-13-8-6-5-7-11(13)2/h5-8,12,14H,4,9-10H2,1-3H3. The summed E-state index contributed by atoms with van der Waals surface area (Å²) >= 11 is 2.04. The Balaban J connectivity index is 2.23. The molecule has 0 amide bonds. The smallest absolute Gasteiger partial charge is 0.0370 e. The Morgan fingerprint density at radius 3 is 2.73 bits per heavy atom. The van der Waals surface area contributed by atoms with Gasteiger partial charge in [-0.25, -0.2) is 0 Å². The quantitative estimate of drug-likeness (QED) is 0.733. The van der Waals surface area contributed by atoms with E-state index in [1.54, 1.807) is 0 Å². The number of nitrogens with one attached hydrogen (secondary N) is 1. The first kappa shape index (κ1) is 12.4. The van der Waals surface area contributed by atoms with Crippen LogP contribution in [0, 0.1) is 6.92 Å². The fourth-order valence-electron chi connectivity index (χ4n) is 1.33. The molecule has 0 bridgehead atoms. The van der Waals surface area contributed by atoms with E-state index < -0.39 is 0 Å². The molecule has 0 fully saturated rings. The zero-order chi connectivity index (χ0) is 11.1. The minimum atomic E-state index is 0.781. The van der Waals surface area contributed by atoms with Crippen LogP contribution in [0.4, 0.5) is 5.69 Å². The molecule has 1 aromatic carbocycles. The average Bonchev–Trinajstić information content (AvgIpc) is 2.26. The molecule has 0 aliphatic rings. The topological polar surface area (TPSA) is 12.0 Å². The summed E-state index contributed by atoms with van der Waals surface area (Å²) in [6.45, 7) is 7.73. The van der Waals surface area contributed by atoms with Crippen molar-refractivity contribution >= 4 is 17.4 Å². The minimum absolute atomic E-state index is 0.781. The van der Waals surface area contributed by atoms with E-state index in [0.29, 0.717) is 0 Å². The van der Waals surface area contributed by atoms with Crippen molar-refractivity contribution in [2.75, 3.05) is 17.6 Å². The normalized spacial score (nSPS) is 12.5. The van der Waals surface area contributed by atoms with Crippen molar-refractivity contribution in [1.29, 1.82) is 0 Å². The molecular formula is C13H21NS. The third-order valence-electron chi connectivity index (χ3n) is 2.54. The molecule has 84 valence electrons. The Morgan fingerprint density at radius 2 is 2.07 bits per heavy atom. The fraction of sp³-hybridized carbons (Fsp3) is 0.538. The molecule has 2 heteroatoms. The van der Waals surface area contributed by atoms with E-state index in [4.69, 9.17) is 0 Å². The molecule has 1 unspecified atom stereocenters. The van der Waals surface area contributed by atoms with Crippen molar-refractivity contribution in [2.45, 2.75) is 32.4 Å².